The van der Waals surface area contributed by atoms with Crippen molar-refractivity contribution in [1.82, 2.24) is 4.90 Å². The van der Waals surface area contributed by atoms with Crippen molar-refractivity contribution in [3.05, 3.63) is 21.9 Å². The topological polar surface area (TPSA) is 29.5 Å². The highest BCUT2D eigenvalue weighted by Crippen LogP contribution is 2.37. The Morgan fingerprint density at radius 1 is 1.09 bits per heavy atom. The zero-order chi connectivity index (χ0) is 15.6. The second-order valence-electron chi connectivity index (χ2n) is 7.38. The van der Waals surface area contributed by atoms with Crippen molar-refractivity contribution in [3.63, 3.8) is 0 Å². The molecule has 1 aromatic heterocycles. The molecule has 1 amide bonds. The van der Waals surface area contributed by atoms with E-state index < -0.39 is 0 Å². The monoisotopic (exact) mass is 333 g/mol. The Morgan fingerprint density at radius 2 is 1.87 bits per heavy atom. The summed E-state index contributed by atoms with van der Waals surface area (Å²) >= 11 is 1.77. The number of carbonyl (C=O) groups excluding carboxylic acids is 1. The predicted octanol–water partition coefficient (Wildman–Crippen LogP) is 4.44. The van der Waals surface area contributed by atoms with Crippen molar-refractivity contribution in [2.75, 3.05) is 19.8 Å². The van der Waals surface area contributed by atoms with E-state index in [0.29, 0.717) is 12.0 Å². The molecule has 1 saturated carbocycles. The van der Waals surface area contributed by atoms with E-state index in [4.69, 9.17) is 4.74 Å². The first-order valence-electron chi connectivity index (χ1n) is 9.30. The minimum Gasteiger partial charge on any atom is -0.381 e. The van der Waals surface area contributed by atoms with Crippen LogP contribution in [-0.4, -0.2) is 36.6 Å². The third kappa shape index (κ3) is 3.20. The smallest absolute Gasteiger partial charge is 0.254 e. The molecule has 0 unspecified atom stereocenters. The molecule has 4 heteroatoms. The number of fused-ring (bicyclic) bond motifs is 1. The lowest BCUT2D eigenvalue weighted by atomic mass is 9.78. The fourth-order valence-corrected chi connectivity index (χ4v) is 5.76. The summed E-state index contributed by atoms with van der Waals surface area (Å²) in [7, 11) is 0. The van der Waals surface area contributed by atoms with Gasteiger partial charge in [-0.1, -0.05) is 12.8 Å². The Bertz CT molecular complexity index is 547. The van der Waals surface area contributed by atoms with Gasteiger partial charge in [-0.2, -0.15) is 0 Å². The molecule has 3 heterocycles. The molecule has 3 fully saturated rings. The number of likely N-dealkylation sites (tertiary alicyclic amines) is 1. The van der Waals surface area contributed by atoms with Crippen LogP contribution in [0.2, 0.25) is 0 Å². The summed E-state index contributed by atoms with van der Waals surface area (Å²) in [5.74, 6) is 1.64. The summed E-state index contributed by atoms with van der Waals surface area (Å²) in [5, 5.41) is 2.10. The molecule has 1 aliphatic carbocycles. The van der Waals surface area contributed by atoms with Crippen molar-refractivity contribution in [2.24, 2.45) is 5.92 Å². The average molecular weight is 333 g/mol. The average Bonchev–Trinajstić information content (AvgIpc) is 3.11. The molecule has 4 rings (SSSR count). The fraction of sp³-hybridized carbons (Fsp3) is 0.737. The van der Waals surface area contributed by atoms with Crippen molar-refractivity contribution < 1.29 is 9.53 Å². The molecule has 2 aliphatic heterocycles. The zero-order valence-corrected chi connectivity index (χ0v) is 14.7. The van der Waals surface area contributed by atoms with Crippen LogP contribution in [-0.2, 0) is 4.74 Å². The minimum atomic E-state index is 0.288. The summed E-state index contributed by atoms with van der Waals surface area (Å²) < 4.78 is 5.46. The molecule has 0 aromatic carbocycles. The number of ether oxygens (including phenoxy) is 1. The van der Waals surface area contributed by atoms with Crippen LogP contribution in [0.15, 0.2) is 11.4 Å². The summed E-state index contributed by atoms with van der Waals surface area (Å²) in [6, 6.07) is 2.69. The highest BCUT2D eigenvalue weighted by Gasteiger charge is 2.36. The van der Waals surface area contributed by atoms with Gasteiger partial charge in [-0.15, -0.1) is 11.3 Å². The van der Waals surface area contributed by atoms with Crippen LogP contribution in [0.5, 0.6) is 0 Å². The molecular formula is C19H27NO2S. The van der Waals surface area contributed by atoms with Crippen LogP contribution in [0.1, 0.15) is 72.5 Å². The number of hydrogen-bond acceptors (Lipinski definition) is 3. The number of hydrogen-bond donors (Lipinski definition) is 0. The van der Waals surface area contributed by atoms with Gasteiger partial charge in [0, 0.05) is 36.1 Å². The van der Waals surface area contributed by atoms with Crippen LogP contribution in [0.25, 0.3) is 0 Å². The van der Waals surface area contributed by atoms with Gasteiger partial charge in [0.2, 0.25) is 0 Å². The molecule has 2 saturated heterocycles. The molecule has 0 N–H and O–H groups in total. The second-order valence-corrected chi connectivity index (χ2v) is 8.32. The Balaban J connectivity index is 1.48. The first kappa shape index (κ1) is 15.6. The van der Waals surface area contributed by atoms with Crippen LogP contribution >= 0.6 is 11.3 Å². The number of nitrogens with zero attached hydrogens (tertiary/aromatic N) is 1. The van der Waals surface area contributed by atoms with E-state index in [-0.39, 0.29) is 5.91 Å². The number of rotatable bonds is 2. The lowest BCUT2D eigenvalue weighted by Gasteiger charge is -2.44. The molecule has 3 nitrogen and oxygen atoms in total. The standard InChI is InChI=1S/C19H27NO2S/c21-19(20-9-3-5-14-4-1-2-6-17(14)20)16-12-18(23-13-16)15-7-10-22-11-8-15/h12-15,17H,1-11H2/t14-,17-/m0/s1. The summed E-state index contributed by atoms with van der Waals surface area (Å²) in [4.78, 5) is 16.7. The second kappa shape index (κ2) is 6.94. The Labute approximate surface area is 143 Å². The minimum absolute atomic E-state index is 0.288. The molecule has 0 spiro atoms. The summed E-state index contributed by atoms with van der Waals surface area (Å²) in [6.45, 7) is 2.69. The SMILES string of the molecule is O=C(c1csc(C2CCOCC2)c1)N1CCC[C@@H]2CCCC[C@@H]21. The lowest BCUT2D eigenvalue weighted by Crippen LogP contribution is -2.49. The van der Waals surface area contributed by atoms with Gasteiger partial charge < -0.3 is 9.64 Å². The van der Waals surface area contributed by atoms with E-state index in [2.05, 4.69) is 16.3 Å². The lowest BCUT2D eigenvalue weighted by molar-refractivity contribution is 0.0391. The quantitative estimate of drug-likeness (QED) is 0.801. The largest absolute Gasteiger partial charge is 0.381 e. The highest BCUT2D eigenvalue weighted by molar-refractivity contribution is 7.10. The third-order valence-electron chi connectivity index (χ3n) is 5.99. The molecule has 0 bridgehead atoms. The van der Waals surface area contributed by atoms with Crippen molar-refractivity contribution in [1.29, 1.82) is 0 Å². The van der Waals surface area contributed by atoms with Gasteiger partial charge in [-0.3, -0.25) is 4.79 Å². The van der Waals surface area contributed by atoms with E-state index in [1.807, 2.05) is 0 Å². The van der Waals surface area contributed by atoms with Gasteiger partial charge in [0.25, 0.3) is 5.91 Å². The van der Waals surface area contributed by atoms with Crippen LogP contribution in [0, 0.1) is 5.92 Å². The van der Waals surface area contributed by atoms with Gasteiger partial charge >= 0.3 is 0 Å². The van der Waals surface area contributed by atoms with E-state index >= 15 is 0 Å². The first-order chi connectivity index (χ1) is 11.3. The number of piperidine rings is 1. The first-order valence-corrected chi connectivity index (χ1v) is 10.2. The molecule has 3 aliphatic rings. The number of amides is 1. The maximum absolute atomic E-state index is 13.1. The van der Waals surface area contributed by atoms with E-state index in [0.717, 1.165) is 44.1 Å². The van der Waals surface area contributed by atoms with Crippen molar-refractivity contribution in [2.45, 2.75) is 63.3 Å². The van der Waals surface area contributed by atoms with Gasteiger partial charge in [0.15, 0.2) is 0 Å². The Hall–Kier alpha value is -0.870. The Kier molecular flexibility index (Phi) is 4.72. The summed E-state index contributed by atoms with van der Waals surface area (Å²) in [6.07, 6.45) is 9.90. The normalized spacial score (nSPS) is 29.3. The fourth-order valence-electron chi connectivity index (χ4n) is 4.70. The summed E-state index contributed by atoms with van der Waals surface area (Å²) in [5.41, 5.74) is 0.933. The molecule has 126 valence electrons. The van der Waals surface area contributed by atoms with Gasteiger partial charge in [-0.05, 0) is 56.4 Å². The van der Waals surface area contributed by atoms with Gasteiger partial charge in [-0.25, -0.2) is 0 Å². The third-order valence-corrected chi connectivity index (χ3v) is 7.09. The van der Waals surface area contributed by atoms with Crippen molar-refractivity contribution in [3.8, 4) is 0 Å². The predicted molar refractivity (Wildman–Crippen MR) is 93.1 cm³/mol. The Morgan fingerprint density at radius 3 is 2.74 bits per heavy atom. The zero-order valence-electron chi connectivity index (χ0n) is 13.8. The van der Waals surface area contributed by atoms with Crippen molar-refractivity contribution >= 4 is 17.2 Å². The molecular weight excluding hydrogens is 306 g/mol. The maximum Gasteiger partial charge on any atom is 0.254 e. The molecule has 23 heavy (non-hydrogen) atoms. The van der Waals surface area contributed by atoms with Gasteiger partial charge in [0.05, 0.1) is 5.56 Å². The van der Waals surface area contributed by atoms with E-state index in [1.165, 1.54) is 43.4 Å². The highest BCUT2D eigenvalue weighted by atomic mass is 32.1. The van der Waals surface area contributed by atoms with Gasteiger partial charge in [0.1, 0.15) is 0 Å². The van der Waals surface area contributed by atoms with Crippen LogP contribution in [0.3, 0.4) is 0 Å². The molecule has 0 radical (unpaired) electrons. The molecule has 1 aromatic rings. The molecule has 2 atom stereocenters. The van der Waals surface area contributed by atoms with Crippen LogP contribution < -0.4 is 0 Å². The number of carbonyl (C=O) groups is 1. The van der Waals surface area contributed by atoms with Crippen LogP contribution in [0.4, 0.5) is 0 Å². The maximum atomic E-state index is 13.1. The number of thiophene rings is 1. The van der Waals surface area contributed by atoms with E-state index in [9.17, 15) is 4.79 Å². The van der Waals surface area contributed by atoms with E-state index in [1.54, 1.807) is 11.3 Å².